The smallest absolute Gasteiger partial charge is 0.240 e. The third-order valence-corrected chi connectivity index (χ3v) is 6.60. The van der Waals surface area contributed by atoms with Crippen LogP contribution < -0.4 is 14.2 Å². The molecule has 2 aromatic carbocycles. The lowest BCUT2D eigenvalue weighted by Crippen LogP contribution is -2.43. The Kier molecular flexibility index (Phi) is 5.73. The topological polar surface area (TPSA) is 77.1 Å². The quantitative estimate of drug-likeness (QED) is 0.769. The normalized spacial score (nSPS) is 18.0. The Bertz CT molecular complexity index is 992. The van der Waals surface area contributed by atoms with E-state index in [4.69, 9.17) is 14.2 Å². The fourth-order valence-electron chi connectivity index (χ4n) is 3.52. The van der Waals surface area contributed by atoms with Gasteiger partial charge in [0.05, 0.1) is 18.1 Å². The molecule has 1 saturated heterocycles. The Balaban J connectivity index is 1.57. The summed E-state index contributed by atoms with van der Waals surface area (Å²) in [5.74, 6) is 0.894. The van der Waals surface area contributed by atoms with Crippen LogP contribution in [0.2, 0.25) is 0 Å². The molecule has 2 aliphatic heterocycles. The van der Waals surface area contributed by atoms with Crippen LogP contribution in [0.5, 0.6) is 11.5 Å². The van der Waals surface area contributed by atoms with E-state index in [1.165, 1.54) is 25.1 Å². The third kappa shape index (κ3) is 4.37. The second-order valence-corrected chi connectivity index (χ2v) is 8.81. The van der Waals surface area contributed by atoms with E-state index >= 15 is 0 Å². The van der Waals surface area contributed by atoms with Crippen molar-refractivity contribution in [3.05, 3.63) is 53.3 Å². The zero-order valence-electron chi connectivity index (χ0n) is 16.1. The van der Waals surface area contributed by atoms with E-state index in [0.29, 0.717) is 37.8 Å². The summed E-state index contributed by atoms with van der Waals surface area (Å²) in [7, 11) is -3.78. The van der Waals surface area contributed by atoms with E-state index in [-0.39, 0.29) is 29.8 Å². The summed E-state index contributed by atoms with van der Waals surface area (Å²) in [5, 5.41) is 0. The number of hydrogen-bond acceptors (Lipinski definition) is 6. The number of nitrogens with one attached hydrogen (secondary N) is 1. The molecule has 4 rings (SSSR count). The van der Waals surface area contributed by atoms with Gasteiger partial charge >= 0.3 is 0 Å². The number of sulfonamides is 1. The van der Waals surface area contributed by atoms with Crippen molar-refractivity contribution in [1.29, 1.82) is 0 Å². The summed E-state index contributed by atoms with van der Waals surface area (Å²) in [6.07, 6.45) is 0. The summed E-state index contributed by atoms with van der Waals surface area (Å²) in [6, 6.07) is 9.22. The number of benzene rings is 2. The molecule has 0 saturated carbocycles. The highest BCUT2D eigenvalue weighted by atomic mass is 32.2. The summed E-state index contributed by atoms with van der Waals surface area (Å²) in [4.78, 5) is 2.22. The van der Waals surface area contributed by atoms with Crippen molar-refractivity contribution in [3.8, 4) is 11.5 Å². The average Bonchev–Trinajstić information content (AvgIpc) is 3.19. The van der Waals surface area contributed by atoms with Crippen molar-refractivity contribution in [1.82, 2.24) is 9.62 Å². The second-order valence-electron chi connectivity index (χ2n) is 7.04. The number of halogens is 1. The van der Waals surface area contributed by atoms with Crippen LogP contribution in [0.1, 0.15) is 17.2 Å². The first-order valence-corrected chi connectivity index (χ1v) is 10.9. The molecule has 0 aliphatic carbocycles. The lowest BCUT2D eigenvalue weighted by Gasteiger charge is -2.35. The number of fused-ring (bicyclic) bond motifs is 1. The largest absolute Gasteiger partial charge is 0.454 e. The molecule has 9 heteroatoms. The zero-order chi connectivity index (χ0) is 20.4. The fourth-order valence-corrected chi connectivity index (χ4v) is 4.65. The van der Waals surface area contributed by atoms with Gasteiger partial charge in [-0.25, -0.2) is 17.5 Å². The monoisotopic (exact) mass is 422 g/mol. The van der Waals surface area contributed by atoms with Crippen LogP contribution in [-0.4, -0.2) is 53.0 Å². The highest BCUT2D eigenvalue weighted by Gasteiger charge is 2.27. The summed E-state index contributed by atoms with van der Waals surface area (Å²) in [6.45, 7) is 4.44. The molecule has 0 spiro atoms. The minimum Gasteiger partial charge on any atom is -0.454 e. The SMILES string of the molecule is Cc1cc(S(=O)(=O)NC[C@H](c2ccc3c(c2)OCO3)N2CCOCC2)ccc1F. The van der Waals surface area contributed by atoms with Gasteiger partial charge in [-0.05, 0) is 48.4 Å². The van der Waals surface area contributed by atoms with Gasteiger partial charge in [0, 0.05) is 25.7 Å². The van der Waals surface area contributed by atoms with Crippen molar-refractivity contribution < 1.29 is 27.0 Å². The van der Waals surface area contributed by atoms with E-state index in [1.54, 1.807) is 0 Å². The Morgan fingerprint density at radius 2 is 1.86 bits per heavy atom. The van der Waals surface area contributed by atoms with Gasteiger partial charge < -0.3 is 14.2 Å². The Morgan fingerprint density at radius 1 is 1.10 bits per heavy atom. The Labute approximate surface area is 169 Å². The molecule has 2 aromatic rings. The number of ether oxygens (including phenoxy) is 3. The Morgan fingerprint density at radius 3 is 2.62 bits per heavy atom. The van der Waals surface area contributed by atoms with Crippen LogP contribution in [-0.2, 0) is 14.8 Å². The average molecular weight is 422 g/mol. The number of hydrogen-bond donors (Lipinski definition) is 1. The van der Waals surface area contributed by atoms with Gasteiger partial charge in [-0.1, -0.05) is 6.07 Å². The van der Waals surface area contributed by atoms with Gasteiger partial charge in [-0.15, -0.1) is 0 Å². The number of rotatable bonds is 6. The lowest BCUT2D eigenvalue weighted by atomic mass is 10.0. The van der Waals surface area contributed by atoms with Crippen molar-refractivity contribution >= 4 is 10.0 Å². The molecule has 1 atom stereocenters. The van der Waals surface area contributed by atoms with E-state index < -0.39 is 15.8 Å². The molecule has 0 unspecified atom stereocenters. The van der Waals surface area contributed by atoms with E-state index in [1.807, 2.05) is 18.2 Å². The first-order chi connectivity index (χ1) is 13.9. The second kappa shape index (κ2) is 8.27. The predicted octanol–water partition coefficient (Wildman–Crippen LogP) is 2.21. The fraction of sp³-hybridized carbons (Fsp3) is 0.400. The molecule has 2 aliphatic rings. The summed E-state index contributed by atoms with van der Waals surface area (Å²) < 4.78 is 58.0. The zero-order valence-corrected chi connectivity index (χ0v) is 16.9. The highest BCUT2D eigenvalue weighted by Crippen LogP contribution is 2.35. The van der Waals surface area contributed by atoms with Crippen LogP contribution in [0.15, 0.2) is 41.3 Å². The minimum atomic E-state index is -3.78. The number of aryl methyl sites for hydroxylation is 1. The molecule has 0 aromatic heterocycles. The van der Waals surface area contributed by atoms with Gasteiger partial charge in [-0.2, -0.15) is 0 Å². The van der Waals surface area contributed by atoms with Crippen molar-refractivity contribution in [2.75, 3.05) is 39.6 Å². The maximum Gasteiger partial charge on any atom is 0.240 e. The molecule has 29 heavy (non-hydrogen) atoms. The van der Waals surface area contributed by atoms with Gasteiger partial charge in [0.2, 0.25) is 16.8 Å². The Hall–Kier alpha value is -2.20. The molecule has 7 nitrogen and oxygen atoms in total. The minimum absolute atomic E-state index is 0.0443. The van der Waals surface area contributed by atoms with Crippen LogP contribution >= 0.6 is 0 Å². The predicted molar refractivity (Wildman–Crippen MR) is 104 cm³/mol. The molecule has 0 bridgehead atoms. The van der Waals surface area contributed by atoms with Crippen LogP contribution in [0.25, 0.3) is 0 Å². The van der Waals surface area contributed by atoms with Crippen LogP contribution in [0, 0.1) is 12.7 Å². The molecule has 0 amide bonds. The molecular weight excluding hydrogens is 399 g/mol. The van der Waals surface area contributed by atoms with E-state index in [9.17, 15) is 12.8 Å². The number of nitrogens with zero attached hydrogens (tertiary/aromatic N) is 1. The lowest BCUT2D eigenvalue weighted by molar-refractivity contribution is 0.0171. The van der Waals surface area contributed by atoms with Crippen molar-refractivity contribution in [3.63, 3.8) is 0 Å². The van der Waals surface area contributed by atoms with Gasteiger partial charge in [0.1, 0.15) is 5.82 Å². The van der Waals surface area contributed by atoms with Crippen molar-refractivity contribution in [2.45, 2.75) is 17.9 Å². The van der Waals surface area contributed by atoms with Crippen LogP contribution in [0.3, 0.4) is 0 Å². The first kappa shape index (κ1) is 20.1. The summed E-state index contributed by atoms with van der Waals surface area (Å²) in [5.41, 5.74) is 1.21. The molecule has 156 valence electrons. The van der Waals surface area contributed by atoms with Crippen LogP contribution in [0.4, 0.5) is 4.39 Å². The summed E-state index contributed by atoms with van der Waals surface area (Å²) >= 11 is 0. The molecular formula is C20H23FN2O5S. The van der Waals surface area contributed by atoms with Gasteiger partial charge in [0.25, 0.3) is 0 Å². The third-order valence-electron chi connectivity index (χ3n) is 5.17. The molecule has 2 heterocycles. The first-order valence-electron chi connectivity index (χ1n) is 9.41. The van der Waals surface area contributed by atoms with E-state index in [2.05, 4.69) is 9.62 Å². The number of morpholine rings is 1. The maximum atomic E-state index is 13.5. The standard InChI is InChI=1S/C20H23FN2O5S/c1-14-10-16(3-4-17(14)21)29(24,25)22-12-18(23-6-8-26-9-7-23)15-2-5-19-20(11-15)28-13-27-19/h2-5,10-11,18,22H,6-9,12-13H2,1H3/t18-/m1/s1. The van der Waals surface area contributed by atoms with Gasteiger partial charge in [0.15, 0.2) is 11.5 Å². The molecule has 1 N–H and O–H groups in total. The maximum absolute atomic E-state index is 13.5. The highest BCUT2D eigenvalue weighted by molar-refractivity contribution is 7.89. The van der Waals surface area contributed by atoms with Gasteiger partial charge in [-0.3, -0.25) is 4.90 Å². The van der Waals surface area contributed by atoms with Crippen molar-refractivity contribution in [2.24, 2.45) is 0 Å². The molecule has 1 fully saturated rings. The van der Waals surface area contributed by atoms with E-state index in [0.717, 1.165) is 5.56 Å². The molecule has 0 radical (unpaired) electrons.